The molecule has 0 radical (unpaired) electrons. The predicted molar refractivity (Wildman–Crippen MR) is 60.5 cm³/mol. The van der Waals surface area contributed by atoms with Crippen LogP contribution in [0.3, 0.4) is 0 Å². The van der Waals surface area contributed by atoms with E-state index < -0.39 is 0 Å². The van der Waals surface area contributed by atoms with Crippen molar-refractivity contribution in [1.82, 2.24) is 5.32 Å². The van der Waals surface area contributed by atoms with Gasteiger partial charge in [0.1, 0.15) is 0 Å². The van der Waals surface area contributed by atoms with Crippen LogP contribution in [0.2, 0.25) is 0 Å². The van der Waals surface area contributed by atoms with Crippen molar-refractivity contribution in [1.29, 1.82) is 0 Å². The van der Waals surface area contributed by atoms with Crippen LogP contribution in [-0.4, -0.2) is 25.8 Å². The fraction of sp³-hybridized carbons (Fsp3) is 1.00. The third kappa shape index (κ3) is 3.97. The van der Waals surface area contributed by atoms with Crippen LogP contribution in [0.4, 0.5) is 0 Å². The van der Waals surface area contributed by atoms with Gasteiger partial charge in [-0.3, -0.25) is 0 Å². The molecule has 1 aliphatic rings. The van der Waals surface area contributed by atoms with E-state index in [2.05, 4.69) is 26.1 Å². The van der Waals surface area contributed by atoms with Gasteiger partial charge in [0.05, 0.1) is 0 Å². The monoisotopic (exact) mass is 199 g/mol. The normalized spacial score (nSPS) is 21.4. The highest BCUT2D eigenvalue weighted by molar-refractivity contribution is 4.75. The SMILES string of the molecule is CCNC(CC1CCOCC1)C(C)C. The molecule has 0 spiro atoms. The van der Waals surface area contributed by atoms with E-state index in [1.165, 1.54) is 19.3 Å². The Morgan fingerprint density at radius 3 is 2.43 bits per heavy atom. The quantitative estimate of drug-likeness (QED) is 0.734. The Morgan fingerprint density at radius 2 is 1.93 bits per heavy atom. The van der Waals surface area contributed by atoms with E-state index in [0.29, 0.717) is 6.04 Å². The van der Waals surface area contributed by atoms with Crippen LogP contribution in [-0.2, 0) is 4.74 Å². The van der Waals surface area contributed by atoms with Gasteiger partial charge in [-0.15, -0.1) is 0 Å². The van der Waals surface area contributed by atoms with E-state index in [4.69, 9.17) is 4.74 Å². The molecule has 1 heterocycles. The molecule has 0 amide bonds. The first-order valence-electron chi connectivity index (χ1n) is 6.05. The average molecular weight is 199 g/mol. The predicted octanol–water partition coefficient (Wildman–Crippen LogP) is 2.44. The summed E-state index contributed by atoms with van der Waals surface area (Å²) in [5.74, 6) is 1.63. The van der Waals surface area contributed by atoms with Crippen LogP contribution in [0.15, 0.2) is 0 Å². The minimum absolute atomic E-state index is 0.697. The van der Waals surface area contributed by atoms with Crippen molar-refractivity contribution in [3.05, 3.63) is 0 Å². The molecule has 14 heavy (non-hydrogen) atoms. The molecule has 0 saturated carbocycles. The molecule has 1 rings (SSSR count). The molecule has 0 aromatic rings. The van der Waals surface area contributed by atoms with E-state index in [1.54, 1.807) is 0 Å². The minimum Gasteiger partial charge on any atom is -0.381 e. The van der Waals surface area contributed by atoms with E-state index >= 15 is 0 Å². The largest absolute Gasteiger partial charge is 0.381 e. The van der Waals surface area contributed by atoms with Crippen molar-refractivity contribution in [2.24, 2.45) is 11.8 Å². The van der Waals surface area contributed by atoms with Crippen molar-refractivity contribution in [2.75, 3.05) is 19.8 Å². The maximum Gasteiger partial charge on any atom is 0.0468 e. The molecular formula is C12H25NO. The van der Waals surface area contributed by atoms with Crippen molar-refractivity contribution in [2.45, 2.75) is 46.1 Å². The van der Waals surface area contributed by atoms with Crippen LogP contribution >= 0.6 is 0 Å². The summed E-state index contributed by atoms with van der Waals surface area (Å²) in [4.78, 5) is 0. The summed E-state index contributed by atoms with van der Waals surface area (Å²) in [6.45, 7) is 9.86. The molecule has 84 valence electrons. The highest BCUT2D eigenvalue weighted by atomic mass is 16.5. The molecule has 0 bridgehead atoms. The summed E-state index contributed by atoms with van der Waals surface area (Å²) in [6, 6.07) is 0.697. The van der Waals surface area contributed by atoms with Gasteiger partial charge < -0.3 is 10.1 Å². The van der Waals surface area contributed by atoms with Crippen molar-refractivity contribution in [3.8, 4) is 0 Å². The van der Waals surface area contributed by atoms with Crippen molar-refractivity contribution in [3.63, 3.8) is 0 Å². The molecule has 0 aromatic carbocycles. The first kappa shape index (κ1) is 12.0. The maximum atomic E-state index is 5.38. The second-order valence-corrected chi connectivity index (χ2v) is 4.70. The fourth-order valence-electron chi connectivity index (χ4n) is 2.19. The third-order valence-electron chi connectivity index (χ3n) is 3.20. The highest BCUT2D eigenvalue weighted by Crippen LogP contribution is 2.22. The fourth-order valence-corrected chi connectivity index (χ4v) is 2.19. The zero-order valence-electron chi connectivity index (χ0n) is 9.88. The van der Waals surface area contributed by atoms with Crippen LogP contribution in [0, 0.1) is 11.8 Å². The van der Waals surface area contributed by atoms with Crippen molar-refractivity contribution >= 4 is 0 Å². The van der Waals surface area contributed by atoms with Gasteiger partial charge >= 0.3 is 0 Å². The molecule has 2 heteroatoms. The molecule has 1 saturated heterocycles. The Kier molecular flexibility index (Phi) is 5.49. The van der Waals surface area contributed by atoms with Gasteiger partial charge in [-0.1, -0.05) is 20.8 Å². The first-order valence-corrected chi connectivity index (χ1v) is 6.05. The number of hydrogen-bond donors (Lipinski definition) is 1. The molecule has 2 nitrogen and oxygen atoms in total. The number of ether oxygens (including phenoxy) is 1. The average Bonchev–Trinajstić information content (AvgIpc) is 2.18. The minimum atomic E-state index is 0.697. The van der Waals surface area contributed by atoms with Crippen LogP contribution in [0.5, 0.6) is 0 Å². The molecule has 1 aliphatic heterocycles. The lowest BCUT2D eigenvalue weighted by molar-refractivity contribution is 0.0587. The Balaban J connectivity index is 2.29. The lowest BCUT2D eigenvalue weighted by atomic mass is 9.88. The summed E-state index contributed by atoms with van der Waals surface area (Å²) in [6.07, 6.45) is 3.85. The van der Waals surface area contributed by atoms with Crippen LogP contribution < -0.4 is 5.32 Å². The van der Waals surface area contributed by atoms with E-state index in [0.717, 1.165) is 31.6 Å². The summed E-state index contributed by atoms with van der Waals surface area (Å²) in [5, 5.41) is 3.59. The molecule has 1 atom stereocenters. The number of nitrogens with one attached hydrogen (secondary N) is 1. The van der Waals surface area contributed by atoms with E-state index in [1.807, 2.05) is 0 Å². The smallest absolute Gasteiger partial charge is 0.0468 e. The second kappa shape index (κ2) is 6.41. The molecular weight excluding hydrogens is 174 g/mol. The topological polar surface area (TPSA) is 21.3 Å². The van der Waals surface area contributed by atoms with Crippen molar-refractivity contribution < 1.29 is 4.74 Å². The second-order valence-electron chi connectivity index (χ2n) is 4.70. The summed E-state index contributed by atoms with van der Waals surface area (Å²) < 4.78 is 5.38. The third-order valence-corrected chi connectivity index (χ3v) is 3.20. The number of rotatable bonds is 5. The lowest BCUT2D eigenvalue weighted by Crippen LogP contribution is -2.36. The van der Waals surface area contributed by atoms with Gasteiger partial charge in [-0.25, -0.2) is 0 Å². The van der Waals surface area contributed by atoms with Gasteiger partial charge in [-0.2, -0.15) is 0 Å². The zero-order valence-corrected chi connectivity index (χ0v) is 9.88. The van der Waals surface area contributed by atoms with Gasteiger partial charge in [0.15, 0.2) is 0 Å². The Hall–Kier alpha value is -0.0800. The van der Waals surface area contributed by atoms with E-state index in [9.17, 15) is 0 Å². The van der Waals surface area contributed by atoms with Gasteiger partial charge in [-0.05, 0) is 37.6 Å². The highest BCUT2D eigenvalue weighted by Gasteiger charge is 2.20. The first-order chi connectivity index (χ1) is 6.74. The molecule has 0 aliphatic carbocycles. The Labute approximate surface area is 88.4 Å². The van der Waals surface area contributed by atoms with Gasteiger partial charge in [0, 0.05) is 19.3 Å². The van der Waals surface area contributed by atoms with Crippen LogP contribution in [0.25, 0.3) is 0 Å². The molecule has 1 N–H and O–H groups in total. The maximum absolute atomic E-state index is 5.38. The Morgan fingerprint density at radius 1 is 1.29 bits per heavy atom. The lowest BCUT2D eigenvalue weighted by Gasteiger charge is -2.29. The van der Waals surface area contributed by atoms with E-state index in [-0.39, 0.29) is 0 Å². The van der Waals surface area contributed by atoms with Crippen LogP contribution in [0.1, 0.15) is 40.0 Å². The van der Waals surface area contributed by atoms with Gasteiger partial charge in [0.25, 0.3) is 0 Å². The molecule has 0 aromatic heterocycles. The summed E-state index contributed by atoms with van der Waals surface area (Å²) in [7, 11) is 0. The Bertz CT molecular complexity index is 141. The zero-order chi connectivity index (χ0) is 10.4. The number of hydrogen-bond acceptors (Lipinski definition) is 2. The molecule has 1 fully saturated rings. The van der Waals surface area contributed by atoms with Gasteiger partial charge in [0.2, 0.25) is 0 Å². The summed E-state index contributed by atoms with van der Waals surface area (Å²) >= 11 is 0. The molecule has 1 unspecified atom stereocenters. The summed E-state index contributed by atoms with van der Waals surface area (Å²) in [5.41, 5.74) is 0. The standard InChI is InChI=1S/C12H25NO/c1-4-13-12(10(2)3)9-11-5-7-14-8-6-11/h10-13H,4-9H2,1-3H3.